The van der Waals surface area contributed by atoms with E-state index in [1.807, 2.05) is 4.90 Å². The Morgan fingerprint density at radius 2 is 2.11 bits per heavy atom. The summed E-state index contributed by atoms with van der Waals surface area (Å²) in [4.78, 5) is 14.5. The highest BCUT2D eigenvalue weighted by atomic mass is 16.3. The average molecular weight is 253 g/mol. The van der Waals surface area contributed by atoms with E-state index < -0.39 is 0 Å². The quantitative estimate of drug-likeness (QED) is 0.820. The second kappa shape index (κ2) is 5.20. The Morgan fingerprint density at radius 1 is 1.39 bits per heavy atom. The fraction of sp³-hybridized carbons (Fsp3) is 0.933. The van der Waals surface area contributed by atoms with Crippen LogP contribution in [-0.2, 0) is 4.79 Å². The molecule has 3 nitrogen and oxygen atoms in total. The maximum absolute atomic E-state index is 12.5. The first-order chi connectivity index (χ1) is 8.41. The van der Waals surface area contributed by atoms with Gasteiger partial charge in [-0.3, -0.25) is 4.79 Å². The van der Waals surface area contributed by atoms with E-state index in [9.17, 15) is 4.79 Å². The smallest absolute Gasteiger partial charge is 0.225 e. The van der Waals surface area contributed by atoms with E-state index in [2.05, 4.69) is 20.8 Å². The topological polar surface area (TPSA) is 40.5 Å². The van der Waals surface area contributed by atoms with E-state index in [0.29, 0.717) is 23.2 Å². The largest absolute Gasteiger partial charge is 0.396 e. The Balaban J connectivity index is 1.96. The van der Waals surface area contributed by atoms with Crippen molar-refractivity contribution in [2.24, 2.45) is 23.2 Å². The molecule has 1 aliphatic carbocycles. The summed E-state index contributed by atoms with van der Waals surface area (Å²) < 4.78 is 0. The molecule has 1 aliphatic heterocycles. The molecule has 3 unspecified atom stereocenters. The van der Waals surface area contributed by atoms with Crippen LogP contribution in [-0.4, -0.2) is 35.6 Å². The zero-order valence-corrected chi connectivity index (χ0v) is 12.0. The Bertz CT molecular complexity index is 314. The molecule has 0 aromatic carbocycles. The number of likely N-dealkylation sites (tertiary alicyclic amines) is 1. The molecule has 104 valence electrons. The van der Waals surface area contributed by atoms with Gasteiger partial charge in [0, 0.05) is 31.5 Å². The number of hydrogen-bond acceptors (Lipinski definition) is 2. The lowest BCUT2D eigenvalue weighted by molar-refractivity contribution is -0.137. The van der Waals surface area contributed by atoms with E-state index in [-0.39, 0.29) is 12.5 Å². The number of carbonyl (C=O) groups is 1. The van der Waals surface area contributed by atoms with Gasteiger partial charge in [0.1, 0.15) is 0 Å². The van der Waals surface area contributed by atoms with Crippen molar-refractivity contribution in [1.29, 1.82) is 0 Å². The van der Waals surface area contributed by atoms with Crippen LogP contribution in [0.2, 0.25) is 0 Å². The maximum Gasteiger partial charge on any atom is 0.225 e. The van der Waals surface area contributed by atoms with Crippen molar-refractivity contribution >= 4 is 5.91 Å². The third kappa shape index (κ3) is 3.05. The fourth-order valence-corrected chi connectivity index (χ4v) is 3.97. The highest BCUT2D eigenvalue weighted by Crippen LogP contribution is 2.42. The van der Waals surface area contributed by atoms with Gasteiger partial charge in [0.2, 0.25) is 5.91 Å². The lowest BCUT2D eigenvalue weighted by Crippen LogP contribution is -2.40. The van der Waals surface area contributed by atoms with Gasteiger partial charge in [-0.1, -0.05) is 20.8 Å². The fourth-order valence-electron chi connectivity index (χ4n) is 3.97. The van der Waals surface area contributed by atoms with E-state index >= 15 is 0 Å². The Labute approximate surface area is 111 Å². The standard InChI is InChI=1S/C15H27NO2/c1-11-6-13(8-15(2,3)7-11)14(18)16-5-4-12(9-16)10-17/h11-13,17H,4-10H2,1-3H3. The molecule has 0 spiro atoms. The summed E-state index contributed by atoms with van der Waals surface area (Å²) in [7, 11) is 0. The summed E-state index contributed by atoms with van der Waals surface area (Å²) in [6, 6.07) is 0. The molecule has 1 saturated heterocycles. The van der Waals surface area contributed by atoms with Gasteiger partial charge in [0.25, 0.3) is 0 Å². The SMILES string of the molecule is CC1CC(C(=O)N2CCC(CO)C2)CC(C)(C)C1. The summed E-state index contributed by atoms with van der Waals surface area (Å²) in [5, 5.41) is 9.16. The minimum atomic E-state index is 0.209. The Kier molecular flexibility index (Phi) is 4.00. The van der Waals surface area contributed by atoms with Crippen molar-refractivity contribution in [2.45, 2.75) is 46.5 Å². The van der Waals surface area contributed by atoms with E-state index in [1.165, 1.54) is 6.42 Å². The van der Waals surface area contributed by atoms with Crippen molar-refractivity contribution in [2.75, 3.05) is 19.7 Å². The van der Waals surface area contributed by atoms with Gasteiger partial charge in [0.05, 0.1) is 0 Å². The van der Waals surface area contributed by atoms with Crippen molar-refractivity contribution in [3.63, 3.8) is 0 Å². The molecule has 2 rings (SSSR count). The molecule has 1 amide bonds. The van der Waals surface area contributed by atoms with Crippen molar-refractivity contribution in [3.8, 4) is 0 Å². The van der Waals surface area contributed by atoms with Gasteiger partial charge in [-0.2, -0.15) is 0 Å². The molecule has 2 fully saturated rings. The molecule has 2 aliphatic rings. The molecule has 0 aromatic heterocycles. The van der Waals surface area contributed by atoms with Crippen molar-refractivity contribution < 1.29 is 9.90 Å². The summed E-state index contributed by atoms with van der Waals surface area (Å²) >= 11 is 0. The van der Waals surface area contributed by atoms with Crippen LogP contribution in [0.4, 0.5) is 0 Å². The van der Waals surface area contributed by atoms with Gasteiger partial charge in [-0.25, -0.2) is 0 Å². The van der Waals surface area contributed by atoms with Crippen LogP contribution in [0, 0.1) is 23.2 Å². The number of rotatable bonds is 2. The first-order valence-corrected chi connectivity index (χ1v) is 7.31. The van der Waals surface area contributed by atoms with Crippen LogP contribution in [0.5, 0.6) is 0 Å². The minimum absolute atomic E-state index is 0.209. The highest BCUT2D eigenvalue weighted by molar-refractivity contribution is 5.79. The summed E-state index contributed by atoms with van der Waals surface area (Å²) in [5.74, 6) is 1.51. The van der Waals surface area contributed by atoms with Crippen LogP contribution >= 0.6 is 0 Å². The number of amides is 1. The van der Waals surface area contributed by atoms with Gasteiger partial charge < -0.3 is 10.0 Å². The molecule has 3 atom stereocenters. The first-order valence-electron chi connectivity index (χ1n) is 7.31. The second-order valence-corrected chi connectivity index (χ2v) is 7.23. The van der Waals surface area contributed by atoms with Gasteiger partial charge in [0.15, 0.2) is 0 Å². The third-order valence-corrected chi connectivity index (χ3v) is 4.59. The third-order valence-electron chi connectivity index (χ3n) is 4.59. The highest BCUT2D eigenvalue weighted by Gasteiger charge is 2.38. The van der Waals surface area contributed by atoms with Crippen LogP contribution in [0.15, 0.2) is 0 Å². The molecule has 1 saturated carbocycles. The molecular formula is C15H27NO2. The van der Waals surface area contributed by atoms with Gasteiger partial charge in [-0.05, 0) is 37.0 Å². The maximum atomic E-state index is 12.5. The average Bonchev–Trinajstić information content (AvgIpc) is 2.73. The number of aliphatic hydroxyl groups excluding tert-OH is 1. The molecular weight excluding hydrogens is 226 g/mol. The lowest BCUT2D eigenvalue weighted by atomic mass is 9.67. The molecule has 1 heterocycles. The summed E-state index contributed by atoms with van der Waals surface area (Å²) in [6.45, 7) is 8.65. The van der Waals surface area contributed by atoms with Crippen LogP contribution < -0.4 is 0 Å². The summed E-state index contributed by atoms with van der Waals surface area (Å²) in [6.07, 6.45) is 4.27. The van der Waals surface area contributed by atoms with E-state index in [1.54, 1.807) is 0 Å². The van der Waals surface area contributed by atoms with Crippen LogP contribution in [0.25, 0.3) is 0 Å². The van der Waals surface area contributed by atoms with Crippen molar-refractivity contribution in [3.05, 3.63) is 0 Å². The van der Waals surface area contributed by atoms with E-state index in [4.69, 9.17) is 5.11 Å². The van der Waals surface area contributed by atoms with Gasteiger partial charge in [-0.15, -0.1) is 0 Å². The lowest BCUT2D eigenvalue weighted by Gasteiger charge is -2.39. The molecule has 0 radical (unpaired) electrons. The van der Waals surface area contributed by atoms with Crippen LogP contribution in [0.1, 0.15) is 46.5 Å². The Hall–Kier alpha value is -0.570. The molecule has 0 bridgehead atoms. The first kappa shape index (κ1) is 13.9. The van der Waals surface area contributed by atoms with Crippen molar-refractivity contribution in [1.82, 2.24) is 4.90 Å². The number of carbonyl (C=O) groups excluding carboxylic acids is 1. The number of hydrogen-bond donors (Lipinski definition) is 1. The molecule has 0 aromatic rings. The normalized spacial score (nSPS) is 35.8. The van der Waals surface area contributed by atoms with Gasteiger partial charge >= 0.3 is 0 Å². The molecule has 1 N–H and O–H groups in total. The Morgan fingerprint density at radius 3 is 2.67 bits per heavy atom. The number of aliphatic hydroxyl groups is 1. The zero-order valence-electron chi connectivity index (χ0n) is 12.0. The molecule has 18 heavy (non-hydrogen) atoms. The number of nitrogens with zero attached hydrogens (tertiary/aromatic N) is 1. The van der Waals surface area contributed by atoms with E-state index in [0.717, 1.165) is 32.4 Å². The predicted octanol–water partition coefficient (Wildman–Crippen LogP) is 2.29. The molecule has 3 heteroatoms. The second-order valence-electron chi connectivity index (χ2n) is 7.23. The monoisotopic (exact) mass is 253 g/mol. The minimum Gasteiger partial charge on any atom is -0.396 e. The zero-order chi connectivity index (χ0) is 13.3. The summed E-state index contributed by atoms with van der Waals surface area (Å²) in [5.41, 5.74) is 0.300. The van der Waals surface area contributed by atoms with Crippen LogP contribution in [0.3, 0.4) is 0 Å². The predicted molar refractivity (Wildman–Crippen MR) is 72.1 cm³/mol.